The lowest BCUT2D eigenvalue weighted by Gasteiger charge is -2.19. The fourth-order valence-corrected chi connectivity index (χ4v) is 5.29. The number of anilines is 1. The van der Waals surface area contributed by atoms with Gasteiger partial charge in [0.05, 0.1) is 29.2 Å². The first kappa shape index (κ1) is 24.5. The third-order valence-corrected chi connectivity index (χ3v) is 7.10. The standard InChI is InChI=1S/C31H31N5O/c1-19(2)24-16-26(20(3)4)35-31-30(24)25(17-32)28(13-14-29(37)34-22-9-7-15-33-18-22)36(31)27-12-11-21-8-5-6-10-23(21)27/h5-10,13-16,18-20,27H,11-12H2,1-4H3,(H,34,37). The van der Waals surface area contributed by atoms with E-state index >= 15 is 0 Å². The molecule has 1 unspecified atom stereocenters. The van der Waals surface area contributed by atoms with Crippen LogP contribution >= 0.6 is 0 Å². The van der Waals surface area contributed by atoms with Gasteiger partial charge in [0.25, 0.3) is 0 Å². The van der Waals surface area contributed by atoms with E-state index < -0.39 is 0 Å². The first-order valence-corrected chi connectivity index (χ1v) is 12.8. The van der Waals surface area contributed by atoms with Gasteiger partial charge in [-0.1, -0.05) is 52.0 Å². The van der Waals surface area contributed by atoms with Crippen molar-refractivity contribution in [3.63, 3.8) is 0 Å². The number of carbonyl (C=O) groups is 1. The Morgan fingerprint density at radius 2 is 1.97 bits per heavy atom. The molecule has 0 radical (unpaired) electrons. The lowest BCUT2D eigenvalue weighted by molar-refractivity contribution is -0.111. The Balaban J connectivity index is 1.73. The number of benzene rings is 1. The second kappa shape index (κ2) is 10.0. The Morgan fingerprint density at radius 3 is 2.68 bits per heavy atom. The van der Waals surface area contributed by atoms with E-state index in [-0.39, 0.29) is 23.8 Å². The van der Waals surface area contributed by atoms with Gasteiger partial charge in [-0.15, -0.1) is 0 Å². The second-order valence-corrected chi connectivity index (χ2v) is 10.2. The van der Waals surface area contributed by atoms with E-state index in [4.69, 9.17) is 4.98 Å². The lowest BCUT2D eigenvalue weighted by atomic mass is 9.95. The van der Waals surface area contributed by atoms with E-state index in [1.165, 1.54) is 17.2 Å². The van der Waals surface area contributed by atoms with Gasteiger partial charge in [0.15, 0.2) is 0 Å². The van der Waals surface area contributed by atoms with Gasteiger partial charge in [-0.25, -0.2) is 4.98 Å². The van der Waals surface area contributed by atoms with Crippen molar-refractivity contribution < 1.29 is 4.79 Å². The van der Waals surface area contributed by atoms with E-state index in [1.54, 1.807) is 30.6 Å². The number of rotatable bonds is 6. The number of hydrogen-bond acceptors (Lipinski definition) is 4. The van der Waals surface area contributed by atoms with Crippen molar-refractivity contribution in [1.29, 1.82) is 5.26 Å². The molecule has 37 heavy (non-hydrogen) atoms. The summed E-state index contributed by atoms with van der Waals surface area (Å²) in [7, 11) is 0. The molecule has 1 N–H and O–H groups in total. The maximum Gasteiger partial charge on any atom is 0.248 e. The van der Waals surface area contributed by atoms with Crippen molar-refractivity contribution >= 4 is 28.7 Å². The molecule has 0 saturated heterocycles. The van der Waals surface area contributed by atoms with Gasteiger partial charge in [-0.05, 0) is 65.6 Å². The molecule has 4 aromatic rings. The molecule has 3 aromatic heterocycles. The van der Waals surface area contributed by atoms with Crippen LogP contribution in [0.15, 0.2) is 60.9 Å². The highest BCUT2D eigenvalue weighted by Gasteiger charge is 2.31. The highest BCUT2D eigenvalue weighted by atomic mass is 16.1. The molecular weight excluding hydrogens is 458 g/mol. The van der Waals surface area contributed by atoms with E-state index in [0.29, 0.717) is 11.3 Å². The van der Waals surface area contributed by atoms with Crippen LogP contribution in [0.25, 0.3) is 17.1 Å². The van der Waals surface area contributed by atoms with Crippen molar-refractivity contribution in [3.8, 4) is 6.07 Å². The van der Waals surface area contributed by atoms with Crippen LogP contribution < -0.4 is 5.32 Å². The number of aromatic nitrogens is 3. The summed E-state index contributed by atoms with van der Waals surface area (Å²) in [5.41, 5.74) is 7.42. The molecule has 1 atom stereocenters. The highest BCUT2D eigenvalue weighted by molar-refractivity contribution is 6.03. The van der Waals surface area contributed by atoms with Crippen LogP contribution in [0.4, 0.5) is 5.69 Å². The number of nitrogens with zero attached hydrogens (tertiary/aromatic N) is 4. The van der Waals surface area contributed by atoms with Crippen LogP contribution in [0, 0.1) is 11.3 Å². The normalized spacial score (nSPS) is 15.0. The maximum atomic E-state index is 12.8. The van der Waals surface area contributed by atoms with E-state index in [0.717, 1.165) is 40.8 Å². The van der Waals surface area contributed by atoms with Gasteiger partial charge in [0, 0.05) is 23.4 Å². The fraction of sp³-hybridized carbons (Fsp3) is 0.290. The Hall–Kier alpha value is -4.24. The predicted octanol–water partition coefficient (Wildman–Crippen LogP) is 6.74. The van der Waals surface area contributed by atoms with Gasteiger partial charge < -0.3 is 9.88 Å². The van der Waals surface area contributed by atoms with Gasteiger partial charge in [-0.3, -0.25) is 9.78 Å². The molecule has 6 heteroatoms. The van der Waals surface area contributed by atoms with Crippen molar-refractivity contribution in [2.45, 2.75) is 58.4 Å². The molecule has 0 bridgehead atoms. The van der Waals surface area contributed by atoms with E-state index in [9.17, 15) is 10.1 Å². The van der Waals surface area contributed by atoms with E-state index in [1.807, 2.05) is 0 Å². The SMILES string of the molecule is CC(C)c1cc(C(C)C)c2c(C#N)c(C=CC(=O)Nc3cccnc3)n(C3CCc4ccccc43)c2n1. The highest BCUT2D eigenvalue weighted by Crippen LogP contribution is 2.42. The van der Waals surface area contributed by atoms with E-state index in [2.05, 4.69) is 79.0 Å². The van der Waals surface area contributed by atoms with Gasteiger partial charge in [-0.2, -0.15) is 5.26 Å². The Kier molecular flexibility index (Phi) is 6.62. The molecule has 1 aliphatic carbocycles. The molecule has 6 nitrogen and oxygen atoms in total. The van der Waals surface area contributed by atoms with Crippen LogP contribution in [-0.4, -0.2) is 20.4 Å². The quantitative estimate of drug-likeness (QED) is 0.304. The average molecular weight is 490 g/mol. The Morgan fingerprint density at radius 1 is 1.16 bits per heavy atom. The van der Waals surface area contributed by atoms with Crippen LogP contribution in [-0.2, 0) is 11.2 Å². The van der Waals surface area contributed by atoms with Gasteiger partial charge in [0.1, 0.15) is 11.7 Å². The number of amides is 1. The summed E-state index contributed by atoms with van der Waals surface area (Å²) >= 11 is 0. The summed E-state index contributed by atoms with van der Waals surface area (Å²) in [6.07, 6.45) is 8.41. The predicted molar refractivity (Wildman–Crippen MR) is 147 cm³/mol. The molecule has 0 aliphatic heterocycles. The fourth-order valence-electron chi connectivity index (χ4n) is 5.29. The number of nitriles is 1. The lowest BCUT2D eigenvalue weighted by Crippen LogP contribution is -2.12. The molecule has 3 heterocycles. The summed E-state index contributed by atoms with van der Waals surface area (Å²) in [5.74, 6) is 0.184. The van der Waals surface area contributed by atoms with Crippen molar-refractivity contribution in [1.82, 2.24) is 14.5 Å². The summed E-state index contributed by atoms with van der Waals surface area (Å²) in [4.78, 5) is 22.0. The minimum absolute atomic E-state index is 0.0387. The first-order chi connectivity index (χ1) is 17.9. The zero-order chi connectivity index (χ0) is 26.1. The third kappa shape index (κ3) is 4.53. The zero-order valence-electron chi connectivity index (χ0n) is 21.7. The van der Waals surface area contributed by atoms with Crippen LogP contribution in [0.1, 0.15) is 85.6 Å². The summed E-state index contributed by atoms with van der Waals surface area (Å²) in [5, 5.41) is 14.2. The van der Waals surface area contributed by atoms with Crippen LogP contribution in [0.2, 0.25) is 0 Å². The molecule has 0 spiro atoms. The van der Waals surface area contributed by atoms with Crippen molar-refractivity contribution in [2.24, 2.45) is 0 Å². The number of hydrogen-bond donors (Lipinski definition) is 1. The monoisotopic (exact) mass is 489 g/mol. The number of pyridine rings is 2. The Bertz CT molecular complexity index is 1540. The zero-order valence-corrected chi connectivity index (χ0v) is 21.7. The number of aryl methyl sites for hydroxylation is 1. The Labute approximate surface area is 217 Å². The summed E-state index contributed by atoms with van der Waals surface area (Å²) in [6.45, 7) is 8.59. The van der Waals surface area contributed by atoms with Gasteiger partial charge >= 0.3 is 0 Å². The number of fused-ring (bicyclic) bond motifs is 2. The summed E-state index contributed by atoms with van der Waals surface area (Å²) in [6, 6.07) is 16.7. The molecule has 1 aliphatic rings. The van der Waals surface area contributed by atoms with Crippen LogP contribution in [0.5, 0.6) is 0 Å². The minimum atomic E-state index is -0.277. The molecule has 1 aromatic carbocycles. The minimum Gasteiger partial charge on any atom is -0.321 e. The molecule has 0 saturated carbocycles. The summed E-state index contributed by atoms with van der Waals surface area (Å²) < 4.78 is 2.20. The maximum absolute atomic E-state index is 12.8. The van der Waals surface area contributed by atoms with Crippen LogP contribution in [0.3, 0.4) is 0 Å². The number of carbonyl (C=O) groups excluding carboxylic acids is 1. The smallest absolute Gasteiger partial charge is 0.248 e. The van der Waals surface area contributed by atoms with Crippen molar-refractivity contribution in [3.05, 3.63) is 94.6 Å². The average Bonchev–Trinajstić information content (AvgIpc) is 3.45. The second-order valence-electron chi connectivity index (χ2n) is 10.2. The molecule has 1 amide bonds. The topological polar surface area (TPSA) is 83.6 Å². The molecule has 186 valence electrons. The molecule has 5 rings (SSSR count). The molecule has 0 fully saturated rings. The number of nitrogens with one attached hydrogen (secondary N) is 1. The first-order valence-electron chi connectivity index (χ1n) is 12.8. The largest absolute Gasteiger partial charge is 0.321 e. The van der Waals surface area contributed by atoms with Gasteiger partial charge in [0.2, 0.25) is 5.91 Å². The molecular formula is C31H31N5O. The van der Waals surface area contributed by atoms with Crippen molar-refractivity contribution in [2.75, 3.05) is 5.32 Å². The third-order valence-electron chi connectivity index (χ3n) is 7.10.